The standard InChI is InChI=1S/C9H9O.Mo/c1-7-4-3-5-9(6-10)8(7)2;/h3,5-6H,1-2H3;/q-1;. The summed E-state index contributed by atoms with van der Waals surface area (Å²) >= 11 is 0. The molecular weight excluding hydrogens is 220 g/mol. The fourth-order valence-corrected chi connectivity index (χ4v) is 0.834. The molecule has 58 valence electrons. The quantitative estimate of drug-likeness (QED) is 0.408. The molecule has 0 saturated carbocycles. The van der Waals surface area contributed by atoms with Crippen molar-refractivity contribution < 1.29 is 25.9 Å². The first-order valence-corrected chi connectivity index (χ1v) is 3.19. The van der Waals surface area contributed by atoms with E-state index in [1.807, 2.05) is 13.8 Å². The Hall–Kier alpha value is -0.422. The van der Waals surface area contributed by atoms with Crippen LogP contribution in [0, 0.1) is 19.9 Å². The van der Waals surface area contributed by atoms with Gasteiger partial charge in [-0.2, -0.15) is 23.8 Å². The molecule has 0 aliphatic carbocycles. The maximum Gasteiger partial charge on any atom is 0.126 e. The van der Waals surface area contributed by atoms with E-state index >= 15 is 0 Å². The van der Waals surface area contributed by atoms with E-state index < -0.39 is 0 Å². The normalized spacial score (nSPS) is 8.55. The minimum Gasteiger partial charge on any atom is -0.300 e. The number of aldehydes is 1. The summed E-state index contributed by atoms with van der Waals surface area (Å²) in [5, 5.41) is 0. The van der Waals surface area contributed by atoms with E-state index in [1.54, 1.807) is 12.1 Å². The minimum absolute atomic E-state index is 0. The van der Waals surface area contributed by atoms with Crippen LogP contribution in [0.4, 0.5) is 0 Å². The fourth-order valence-electron chi connectivity index (χ4n) is 0.834. The Bertz CT molecular complexity index is 256. The Morgan fingerprint density at radius 3 is 2.55 bits per heavy atom. The van der Waals surface area contributed by atoms with Crippen molar-refractivity contribution in [3.05, 3.63) is 34.9 Å². The molecule has 0 fully saturated rings. The van der Waals surface area contributed by atoms with Gasteiger partial charge in [-0.3, -0.25) is 0 Å². The molecule has 1 aromatic carbocycles. The molecule has 0 heterocycles. The summed E-state index contributed by atoms with van der Waals surface area (Å²) in [6.07, 6.45) is 0.871. The average Bonchev–Trinajstić information content (AvgIpc) is 1.95. The third-order valence-corrected chi connectivity index (χ3v) is 1.69. The Morgan fingerprint density at radius 2 is 2.09 bits per heavy atom. The SMILES string of the molecule is Cc1[c-]ccc(C=O)c1C.[Mo]. The zero-order chi connectivity index (χ0) is 7.56. The Morgan fingerprint density at radius 1 is 1.45 bits per heavy atom. The molecule has 0 radical (unpaired) electrons. The van der Waals surface area contributed by atoms with Gasteiger partial charge in [0.05, 0.1) is 0 Å². The van der Waals surface area contributed by atoms with Crippen molar-refractivity contribution in [3.63, 3.8) is 0 Å². The van der Waals surface area contributed by atoms with Gasteiger partial charge < -0.3 is 4.79 Å². The van der Waals surface area contributed by atoms with Crippen LogP contribution in [-0.4, -0.2) is 6.29 Å². The molecular formula is C9H9MoO-. The van der Waals surface area contributed by atoms with E-state index in [4.69, 9.17) is 0 Å². The van der Waals surface area contributed by atoms with Gasteiger partial charge in [-0.1, -0.05) is 19.4 Å². The summed E-state index contributed by atoms with van der Waals surface area (Å²) in [5.41, 5.74) is 2.83. The second-order valence-corrected chi connectivity index (χ2v) is 2.30. The number of aryl methyl sites for hydroxylation is 1. The van der Waals surface area contributed by atoms with Gasteiger partial charge in [-0.05, 0) is 0 Å². The minimum atomic E-state index is 0. The van der Waals surface area contributed by atoms with Crippen LogP contribution in [0.1, 0.15) is 21.5 Å². The van der Waals surface area contributed by atoms with Crippen LogP contribution in [0.5, 0.6) is 0 Å². The van der Waals surface area contributed by atoms with E-state index in [0.717, 1.165) is 23.0 Å². The van der Waals surface area contributed by atoms with Crippen molar-refractivity contribution >= 4 is 6.29 Å². The van der Waals surface area contributed by atoms with E-state index in [2.05, 4.69) is 6.07 Å². The number of benzene rings is 1. The molecule has 2 heteroatoms. The molecule has 0 atom stereocenters. The summed E-state index contributed by atoms with van der Waals surface area (Å²) in [4.78, 5) is 10.4. The van der Waals surface area contributed by atoms with E-state index in [9.17, 15) is 4.79 Å². The van der Waals surface area contributed by atoms with Crippen molar-refractivity contribution in [1.29, 1.82) is 0 Å². The first-order chi connectivity index (χ1) is 4.75. The van der Waals surface area contributed by atoms with Crippen molar-refractivity contribution in [1.82, 2.24) is 0 Å². The van der Waals surface area contributed by atoms with Crippen LogP contribution in [0.15, 0.2) is 12.1 Å². The van der Waals surface area contributed by atoms with Crippen molar-refractivity contribution in [2.45, 2.75) is 13.8 Å². The number of carbonyl (C=O) groups excluding carboxylic acids is 1. The van der Waals surface area contributed by atoms with Gasteiger partial charge in [0, 0.05) is 21.1 Å². The van der Waals surface area contributed by atoms with Crippen molar-refractivity contribution in [2.75, 3.05) is 0 Å². The molecule has 0 amide bonds. The Balaban J connectivity index is 0.000001000. The number of carbonyl (C=O) groups is 1. The van der Waals surface area contributed by atoms with Gasteiger partial charge in [0.2, 0.25) is 0 Å². The zero-order valence-electron chi connectivity index (χ0n) is 6.55. The van der Waals surface area contributed by atoms with Crippen LogP contribution in [0.25, 0.3) is 0 Å². The largest absolute Gasteiger partial charge is 0.300 e. The molecule has 0 N–H and O–H groups in total. The molecule has 0 bridgehead atoms. The molecule has 0 aliphatic heterocycles. The monoisotopic (exact) mass is 231 g/mol. The Kier molecular flexibility index (Phi) is 4.28. The van der Waals surface area contributed by atoms with Crippen LogP contribution < -0.4 is 0 Å². The zero-order valence-corrected chi connectivity index (χ0v) is 8.56. The second kappa shape index (κ2) is 4.46. The Labute approximate surface area is 81.1 Å². The molecule has 1 aromatic rings. The maximum absolute atomic E-state index is 10.4. The third-order valence-electron chi connectivity index (χ3n) is 1.69. The average molecular weight is 229 g/mol. The number of hydrogen-bond acceptors (Lipinski definition) is 1. The van der Waals surface area contributed by atoms with Gasteiger partial charge in [-0.25, -0.2) is 0 Å². The van der Waals surface area contributed by atoms with Crippen LogP contribution >= 0.6 is 0 Å². The number of rotatable bonds is 1. The smallest absolute Gasteiger partial charge is 0.126 e. The first kappa shape index (κ1) is 10.6. The van der Waals surface area contributed by atoms with Gasteiger partial charge in [-0.15, -0.1) is 5.56 Å². The molecule has 0 saturated heterocycles. The predicted molar refractivity (Wildman–Crippen MR) is 40.1 cm³/mol. The maximum atomic E-state index is 10.4. The molecule has 0 spiro atoms. The van der Waals surface area contributed by atoms with Gasteiger partial charge >= 0.3 is 0 Å². The van der Waals surface area contributed by atoms with E-state index in [-0.39, 0.29) is 21.1 Å². The first-order valence-electron chi connectivity index (χ1n) is 3.19. The summed E-state index contributed by atoms with van der Waals surface area (Å²) < 4.78 is 0. The summed E-state index contributed by atoms with van der Waals surface area (Å²) in [5.74, 6) is 0. The number of hydrogen-bond donors (Lipinski definition) is 0. The van der Waals surface area contributed by atoms with Crippen LogP contribution in [-0.2, 0) is 21.1 Å². The fraction of sp³-hybridized carbons (Fsp3) is 0.222. The molecule has 11 heavy (non-hydrogen) atoms. The van der Waals surface area contributed by atoms with Crippen LogP contribution in [0.2, 0.25) is 0 Å². The van der Waals surface area contributed by atoms with Gasteiger partial charge in [0.1, 0.15) is 6.29 Å². The second-order valence-electron chi connectivity index (χ2n) is 2.30. The molecule has 0 unspecified atom stereocenters. The summed E-state index contributed by atoms with van der Waals surface area (Å²) in [6.45, 7) is 3.87. The summed E-state index contributed by atoms with van der Waals surface area (Å²) in [7, 11) is 0. The van der Waals surface area contributed by atoms with Gasteiger partial charge in [0.15, 0.2) is 0 Å². The summed E-state index contributed by atoms with van der Waals surface area (Å²) in [6, 6.07) is 6.56. The molecule has 0 aromatic heterocycles. The molecule has 0 aliphatic rings. The van der Waals surface area contributed by atoms with Crippen molar-refractivity contribution in [3.8, 4) is 0 Å². The molecule has 1 nitrogen and oxygen atoms in total. The van der Waals surface area contributed by atoms with Gasteiger partial charge in [0.25, 0.3) is 0 Å². The topological polar surface area (TPSA) is 17.1 Å². The van der Waals surface area contributed by atoms with Crippen molar-refractivity contribution in [2.24, 2.45) is 0 Å². The van der Waals surface area contributed by atoms with E-state index in [1.165, 1.54) is 0 Å². The van der Waals surface area contributed by atoms with E-state index in [0.29, 0.717) is 0 Å². The third kappa shape index (κ3) is 2.27. The predicted octanol–water partition coefficient (Wildman–Crippen LogP) is 1.91. The molecule has 1 rings (SSSR count). The van der Waals surface area contributed by atoms with Crippen LogP contribution in [0.3, 0.4) is 0 Å².